The van der Waals surface area contributed by atoms with E-state index in [4.69, 9.17) is 9.98 Å². The highest BCUT2D eigenvalue weighted by Gasteiger charge is 2.36. The standard InChI is InChI=1S/C20H19N9S/c1-30-15-8-6-14(7-9-15)18-25-19-21-10-27(26-11-22-23-12-26)13-28(19)20-24-16-4-2-3-5-17(16)29(18)20/h2-9,11-12,18H,10,13H2,1H3,(H,21,25). The SMILES string of the molecule is CSc1ccc(C2NC3=NCN(n4cnnc4)CN3c3nc4ccccc4n32)cc1. The molecule has 1 atom stereocenters. The van der Waals surface area contributed by atoms with Gasteiger partial charge in [-0.1, -0.05) is 24.3 Å². The first-order valence-electron chi connectivity index (χ1n) is 9.61. The van der Waals surface area contributed by atoms with Crippen LogP contribution in [0.2, 0.25) is 0 Å². The maximum absolute atomic E-state index is 4.96. The number of nitrogens with zero attached hydrogens (tertiary/aromatic N) is 8. The molecule has 4 aromatic rings. The second kappa shape index (κ2) is 6.77. The Hall–Kier alpha value is -3.53. The molecule has 4 heterocycles. The zero-order valence-corrected chi connectivity index (χ0v) is 17.1. The van der Waals surface area contributed by atoms with E-state index in [1.165, 1.54) is 10.5 Å². The second-order valence-corrected chi connectivity index (χ2v) is 8.01. The van der Waals surface area contributed by atoms with Gasteiger partial charge in [0.25, 0.3) is 0 Å². The van der Waals surface area contributed by atoms with E-state index >= 15 is 0 Å². The van der Waals surface area contributed by atoms with Crippen LogP contribution >= 0.6 is 11.8 Å². The van der Waals surface area contributed by atoms with Gasteiger partial charge in [-0.15, -0.1) is 22.0 Å². The van der Waals surface area contributed by atoms with Crippen LogP contribution in [-0.2, 0) is 0 Å². The predicted octanol–water partition coefficient (Wildman–Crippen LogP) is 2.23. The Balaban J connectivity index is 1.48. The Bertz CT molecular complexity index is 1230. The van der Waals surface area contributed by atoms with Crippen molar-refractivity contribution in [3.63, 3.8) is 0 Å². The summed E-state index contributed by atoms with van der Waals surface area (Å²) in [6.07, 6.45) is 5.36. The number of thioether (sulfide) groups is 1. The molecule has 10 heteroatoms. The van der Waals surface area contributed by atoms with E-state index in [1.807, 2.05) is 21.8 Å². The van der Waals surface area contributed by atoms with Crippen LogP contribution in [0.1, 0.15) is 11.7 Å². The highest BCUT2D eigenvalue weighted by atomic mass is 32.2. The fraction of sp³-hybridized carbons (Fsp3) is 0.200. The molecule has 150 valence electrons. The Morgan fingerprint density at radius 2 is 1.83 bits per heavy atom. The molecule has 0 bridgehead atoms. The van der Waals surface area contributed by atoms with Crippen molar-refractivity contribution < 1.29 is 0 Å². The van der Waals surface area contributed by atoms with Crippen LogP contribution in [0.15, 0.2) is 71.1 Å². The first kappa shape index (κ1) is 17.3. The molecule has 0 radical (unpaired) electrons. The minimum Gasteiger partial charge on any atom is -0.331 e. The maximum Gasteiger partial charge on any atom is 0.217 e. The lowest BCUT2D eigenvalue weighted by molar-refractivity contribution is 0.495. The van der Waals surface area contributed by atoms with Gasteiger partial charge in [-0.25, -0.2) is 14.7 Å². The number of fused-ring (bicyclic) bond motifs is 5. The number of hydrogen-bond acceptors (Lipinski definition) is 8. The van der Waals surface area contributed by atoms with E-state index < -0.39 is 0 Å². The molecule has 9 nitrogen and oxygen atoms in total. The van der Waals surface area contributed by atoms with Crippen molar-refractivity contribution in [1.29, 1.82) is 0 Å². The first-order chi connectivity index (χ1) is 14.8. The summed E-state index contributed by atoms with van der Waals surface area (Å²) in [4.78, 5) is 13.1. The van der Waals surface area contributed by atoms with Crippen molar-refractivity contribution in [2.24, 2.45) is 4.99 Å². The predicted molar refractivity (Wildman–Crippen MR) is 117 cm³/mol. The molecular formula is C20H19N9S. The minimum absolute atomic E-state index is 0.0835. The fourth-order valence-corrected chi connectivity index (χ4v) is 4.37. The molecule has 1 unspecified atom stereocenters. The van der Waals surface area contributed by atoms with Gasteiger partial charge >= 0.3 is 0 Å². The normalized spacial score (nSPS) is 18.0. The Kier molecular flexibility index (Phi) is 3.91. The number of hydrogen-bond donors (Lipinski definition) is 1. The van der Waals surface area contributed by atoms with Gasteiger partial charge in [0, 0.05) is 4.90 Å². The third kappa shape index (κ3) is 2.64. The van der Waals surface area contributed by atoms with Crippen LogP contribution in [0.5, 0.6) is 0 Å². The number of benzene rings is 2. The zero-order chi connectivity index (χ0) is 20.1. The number of anilines is 1. The topological polar surface area (TPSA) is 79.4 Å². The Labute approximate surface area is 177 Å². The van der Waals surface area contributed by atoms with Gasteiger partial charge < -0.3 is 5.32 Å². The fourth-order valence-electron chi connectivity index (χ4n) is 3.96. The third-order valence-corrected chi connectivity index (χ3v) is 6.19. The van der Waals surface area contributed by atoms with Crippen LogP contribution in [0.3, 0.4) is 0 Å². The Morgan fingerprint density at radius 1 is 1.03 bits per heavy atom. The second-order valence-electron chi connectivity index (χ2n) is 7.13. The third-order valence-electron chi connectivity index (χ3n) is 5.45. The number of aromatic nitrogens is 5. The maximum atomic E-state index is 4.96. The first-order valence-corrected chi connectivity index (χ1v) is 10.8. The van der Waals surface area contributed by atoms with Crippen molar-refractivity contribution in [2.75, 3.05) is 29.5 Å². The van der Waals surface area contributed by atoms with Crippen LogP contribution < -0.4 is 15.2 Å². The molecule has 2 aromatic heterocycles. The molecule has 0 amide bonds. The van der Waals surface area contributed by atoms with Crippen molar-refractivity contribution in [1.82, 2.24) is 29.7 Å². The molecule has 0 spiro atoms. The van der Waals surface area contributed by atoms with E-state index in [0.29, 0.717) is 13.3 Å². The summed E-state index contributed by atoms with van der Waals surface area (Å²) < 4.78 is 4.10. The van der Waals surface area contributed by atoms with E-state index in [-0.39, 0.29) is 6.17 Å². The molecule has 30 heavy (non-hydrogen) atoms. The van der Waals surface area contributed by atoms with E-state index in [0.717, 1.165) is 22.9 Å². The lowest BCUT2D eigenvalue weighted by Gasteiger charge is -2.42. The monoisotopic (exact) mass is 417 g/mol. The molecule has 2 aliphatic heterocycles. The number of rotatable bonds is 3. The van der Waals surface area contributed by atoms with Crippen molar-refractivity contribution >= 4 is 34.7 Å². The van der Waals surface area contributed by atoms with Gasteiger partial charge in [0.15, 0.2) is 0 Å². The summed E-state index contributed by atoms with van der Waals surface area (Å²) in [6, 6.07) is 16.9. The lowest BCUT2D eigenvalue weighted by Crippen LogP contribution is -2.59. The molecule has 0 fully saturated rings. The number of para-hydroxylation sites is 2. The average Bonchev–Trinajstić information content (AvgIpc) is 3.47. The quantitative estimate of drug-likeness (QED) is 0.512. The van der Waals surface area contributed by atoms with E-state index in [2.05, 4.69) is 67.6 Å². The molecule has 0 aliphatic carbocycles. The van der Waals surface area contributed by atoms with Gasteiger partial charge in [-0.2, -0.15) is 0 Å². The lowest BCUT2D eigenvalue weighted by atomic mass is 10.1. The molecular weight excluding hydrogens is 398 g/mol. The molecule has 2 aliphatic rings. The van der Waals surface area contributed by atoms with Gasteiger partial charge in [0.05, 0.1) is 11.0 Å². The summed E-state index contributed by atoms with van der Waals surface area (Å²) in [5, 5.41) is 13.5. The number of imidazole rings is 1. The minimum atomic E-state index is -0.0835. The van der Waals surface area contributed by atoms with Crippen molar-refractivity contribution in [2.45, 2.75) is 11.1 Å². The average molecular weight is 418 g/mol. The van der Waals surface area contributed by atoms with Gasteiger partial charge in [-0.05, 0) is 36.1 Å². The van der Waals surface area contributed by atoms with Crippen LogP contribution in [0.4, 0.5) is 5.95 Å². The summed E-state index contributed by atoms with van der Waals surface area (Å²) in [5.74, 6) is 1.69. The van der Waals surface area contributed by atoms with Gasteiger partial charge in [0.2, 0.25) is 11.9 Å². The van der Waals surface area contributed by atoms with E-state index in [9.17, 15) is 0 Å². The largest absolute Gasteiger partial charge is 0.331 e. The molecule has 1 N–H and O–H groups in total. The van der Waals surface area contributed by atoms with E-state index in [1.54, 1.807) is 24.4 Å². The van der Waals surface area contributed by atoms with Crippen LogP contribution in [0.25, 0.3) is 11.0 Å². The molecule has 6 rings (SSSR count). The number of nitrogens with one attached hydrogen (secondary N) is 1. The smallest absolute Gasteiger partial charge is 0.217 e. The molecule has 0 saturated carbocycles. The summed E-state index contributed by atoms with van der Waals surface area (Å²) in [5.41, 5.74) is 3.21. The van der Waals surface area contributed by atoms with Gasteiger partial charge in [0.1, 0.15) is 32.2 Å². The van der Waals surface area contributed by atoms with Crippen LogP contribution in [-0.4, -0.2) is 50.0 Å². The highest BCUT2D eigenvalue weighted by molar-refractivity contribution is 7.98. The number of guanidine groups is 1. The summed E-state index contributed by atoms with van der Waals surface area (Å²) in [6.45, 7) is 1.10. The van der Waals surface area contributed by atoms with Crippen molar-refractivity contribution in [3.8, 4) is 0 Å². The highest BCUT2D eigenvalue weighted by Crippen LogP contribution is 2.34. The van der Waals surface area contributed by atoms with Crippen molar-refractivity contribution in [3.05, 3.63) is 66.7 Å². The van der Waals surface area contributed by atoms with Gasteiger partial charge in [-0.3, -0.25) is 14.5 Å². The molecule has 2 aromatic carbocycles. The molecule has 0 saturated heterocycles. The summed E-state index contributed by atoms with van der Waals surface area (Å²) in [7, 11) is 0. The Morgan fingerprint density at radius 3 is 2.63 bits per heavy atom. The number of aliphatic imine (C=N–C) groups is 1. The van der Waals surface area contributed by atoms with Crippen LogP contribution in [0, 0.1) is 0 Å². The zero-order valence-electron chi connectivity index (χ0n) is 16.3. The summed E-state index contributed by atoms with van der Waals surface area (Å²) >= 11 is 1.74.